The molecule has 12 heavy (non-hydrogen) atoms. The first kappa shape index (κ1) is 11.9. The van der Waals surface area contributed by atoms with Crippen molar-refractivity contribution in [1.29, 1.82) is 0 Å². The molecule has 4 nitrogen and oxygen atoms in total. The summed E-state index contributed by atoms with van der Waals surface area (Å²) in [5, 5.41) is 9.16. The van der Waals surface area contributed by atoms with Crippen LogP contribution in [0.15, 0.2) is 0 Å². The number of nitrogens with two attached hydrogens (primary N) is 1. The minimum Gasteiger partial charge on any atom is -0.457 e. The monoisotopic (exact) mass is 239 g/mol. The molecule has 0 aromatic carbocycles. The van der Waals surface area contributed by atoms with Gasteiger partial charge in [-0.15, -0.1) is 0 Å². The number of ether oxygens (including phenoxy) is 1. The van der Waals surface area contributed by atoms with Crippen LogP contribution >= 0.6 is 15.9 Å². The third-order valence-electron chi connectivity index (χ3n) is 0.956. The molecule has 0 amide bonds. The smallest absolute Gasteiger partial charge is 0.354 e. The Balaban J connectivity index is 4.23. The molecule has 0 spiro atoms. The molecule has 0 aliphatic heterocycles. The molecule has 0 aromatic rings. The normalized spacial score (nSPS) is 16.8. The molecule has 0 fully saturated rings. The van der Waals surface area contributed by atoms with Gasteiger partial charge in [-0.1, -0.05) is 15.9 Å². The van der Waals surface area contributed by atoms with Gasteiger partial charge in [0.1, 0.15) is 5.60 Å². The van der Waals surface area contributed by atoms with Crippen LogP contribution in [-0.2, 0) is 9.53 Å². The topological polar surface area (TPSA) is 72.5 Å². The minimum absolute atomic E-state index is 0.0467. The minimum atomic E-state index is -1.94. The van der Waals surface area contributed by atoms with Gasteiger partial charge in [0, 0.05) is 0 Å². The second kappa shape index (κ2) is 3.72. The highest BCUT2D eigenvalue weighted by molar-refractivity contribution is 9.09. The first-order chi connectivity index (χ1) is 5.19. The Labute approximate surface area is 80.2 Å². The van der Waals surface area contributed by atoms with E-state index in [1.54, 1.807) is 20.8 Å². The van der Waals surface area contributed by atoms with Gasteiger partial charge in [-0.3, -0.25) is 5.73 Å². The average Bonchev–Trinajstić information content (AvgIpc) is 1.84. The quantitative estimate of drug-likeness (QED) is 0.415. The maximum atomic E-state index is 11.1. The van der Waals surface area contributed by atoms with Crippen molar-refractivity contribution in [1.82, 2.24) is 0 Å². The van der Waals surface area contributed by atoms with Gasteiger partial charge in [-0.2, -0.15) is 0 Å². The molecule has 0 heterocycles. The molecular formula is C7H14BrNO3. The molecule has 3 N–H and O–H groups in total. The largest absolute Gasteiger partial charge is 0.457 e. The van der Waals surface area contributed by atoms with E-state index < -0.39 is 17.3 Å². The Morgan fingerprint density at radius 1 is 1.58 bits per heavy atom. The maximum absolute atomic E-state index is 11.1. The van der Waals surface area contributed by atoms with E-state index in [9.17, 15) is 9.90 Å². The molecule has 0 rings (SSSR count). The third kappa shape index (κ3) is 4.04. The van der Waals surface area contributed by atoms with Gasteiger partial charge in [0.2, 0.25) is 5.72 Å². The Morgan fingerprint density at radius 3 is 2.25 bits per heavy atom. The highest BCUT2D eigenvalue weighted by Crippen LogP contribution is 2.12. The summed E-state index contributed by atoms with van der Waals surface area (Å²) in [7, 11) is 0. The molecule has 0 radical (unpaired) electrons. The van der Waals surface area contributed by atoms with Gasteiger partial charge in [0.25, 0.3) is 0 Å². The van der Waals surface area contributed by atoms with Crippen molar-refractivity contribution in [3.63, 3.8) is 0 Å². The van der Waals surface area contributed by atoms with Crippen LogP contribution in [0.25, 0.3) is 0 Å². The van der Waals surface area contributed by atoms with Gasteiger partial charge in [-0.05, 0) is 20.8 Å². The van der Waals surface area contributed by atoms with Crippen LogP contribution in [0, 0.1) is 0 Å². The summed E-state index contributed by atoms with van der Waals surface area (Å²) >= 11 is 2.90. The van der Waals surface area contributed by atoms with Gasteiger partial charge in [0.05, 0.1) is 5.33 Å². The molecule has 1 atom stereocenters. The Morgan fingerprint density at radius 2 is 2.00 bits per heavy atom. The summed E-state index contributed by atoms with van der Waals surface area (Å²) in [5.41, 5.74) is 2.63. The molecule has 0 saturated heterocycles. The highest BCUT2D eigenvalue weighted by Gasteiger charge is 2.34. The molecule has 0 bridgehead atoms. The van der Waals surface area contributed by atoms with E-state index in [2.05, 4.69) is 15.9 Å². The van der Waals surface area contributed by atoms with E-state index in [1.165, 1.54) is 0 Å². The molecular weight excluding hydrogens is 226 g/mol. The summed E-state index contributed by atoms with van der Waals surface area (Å²) in [6.45, 7) is 5.11. The molecule has 0 saturated carbocycles. The lowest BCUT2D eigenvalue weighted by Crippen LogP contribution is -2.52. The van der Waals surface area contributed by atoms with Gasteiger partial charge in [-0.25, -0.2) is 4.79 Å². The molecule has 0 aromatic heterocycles. The summed E-state index contributed by atoms with van der Waals surface area (Å²) < 4.78 is 4.85. The van der Waals surface area contributed by atoms with Gasteiger partial charge >= 0.3 is 5.97 Å². The maximum Gasteiger partial charge on any atom is 0.354 e. The number of hydrogen-bond donors (Lipinski definition) is 2. The summed E-state index contributed by atoms with van der Waals surface area (Å²) in [6, 6.07) is 0. The van der Waals surface area contributed by atoms with Gasteiger partial charge in [0.15, 0.2) is 0 Å². The van der Waals surface area contributed by atoms with Crippen molar-refractivity contribution in [3.8, 4) is 0 Å². The summed E-state index contributed by atoms with van der Waals surface area (Å²) in [4.78, 5) is 11.1. The van der Waals surface area contributed by atoms with Crippen molar-refractivity contribution in [2.75, 3.05) is 5.33 Å². The number of rotatable bonds is 2. The summed E-state index contributed by atoms with van der Waals surface area (Å²) in [5.74, 6) is -0.827. The van der Waals surface area contributed by atoms with E-state index >= 15 is 0 Å². The number of carbonyl (C=O) groups excluding carboxylic acids is 1. The van der Waals surface area contributed by atoms with Crippen LogP contribution in [0.5, 0.6) is 0 Å². The zero-order valence-electron chi connectivity index (χ0n) is 7.43. The number of alkyl halides is 1. The predicted molar refractivity (Wildman–Crippen MR) is 48.8 cm³/mol. The Kier molecular flexibility index (Phi) is 3.68. The lowest BCUT2D eigenvalue weighted by molar-refractivity contribution is -0.174. The third-order valence-corrected chi connectivity index (χ3v) is 1.81. The number of halogens is 1. The van der Waals surface area contributed by atoms with Crippen molar-refractivity contribution in [3.05, 3.63) is 0 Å². The van der Waals surface area contributed by atoms with Gasteiger partial charge < -0.3 is 9.84 Å². The number of carbonyl (C=O) groups is 1. The van der Waals surface area contributed by atoms with E-state index in [4.69, 9.17) is 10.5 Å². The summed E-state index contributed by atoms with van der Waals surface area (Å²) in [6.07, 6.45) is 0. The second-order valence-corrected chi connectivity index (χ2v) is 4.12. The zero-order chi connectivity index (χ0) is 9.99. The van der Waals surface area contributed by atoms with E-state index in [0.29, 0.717) is 0 Å². The fraction of sp³-hybridized carbons (Fsp3) is 0.857. The number of hydrogen-bond acceptors (Lipinski definition) is 4. The van der Waals surface area contributed by atoms with Crippen LogP contribution in [0.2, 0.25) is 0 Å². The van der Waals surface area contributed by atoms with Crippen LogP contribution in [0.4, 0.5) is 0 Å². The van der Waals surface area contributed by atoms with Crippen molar-refractivity contribution in [2.24, 2.45) is 5.73 Å². The fourth-order valence-corrected chi connectivity index (χ4v) is 0.650. The van der Waals surface area contributed by atoms with E-state index in [1.807, 2.05) is 0 Å². The van der Waals surface area contributed by atoms with Crippen LogP contribution < -0.4 is 5.73 Å². The first-order valence-electron chi connectivity index (χ1n) is 3.50. The molecule has 0 aliphatic rings. The zero-order valence-corrected chi connectivity index (χ0v) is 9.01. The molecule has 1 unspecified atom stereocenters. The van der Waals surface area contributed by atoms with Crippen molar-refractivity contribution < 1.29 is 14.6 Å². The van der Waals surface area contributed by atoms with Crippen LogP contribution in [0.1, 0.15) is 20.8 Å². The van der Waals surface area contributed by atoms with E-state index in [0.717, 1.165) is 0 Å². The first-order valence-corrected chi connectivity index (χ1v) is 4.62. The Bertz CT molecular complexity index is 174. The standard InChI is InChI=1S/C7H14BrNO3/c1-6(2,3)12-5(10)7(9,11)4-8/h11H,4,9H2,1-3H3. The average molecular weight is 240 g/mol. The van der Waals surface area contributed by atoms with Crippen LogP contribution in [-0.4, -0.2) is 27.7 Å². The number of esters is 1. The Hall–Kier alpha value is -0.130. The molecule has 72 valence electrons. The van der Waals surface area contributed by atoms with Crippen LogP contribution in [0.3, 0.4) is 0 Å². The predicted octanol–water partition coefficient (Wildman–Crippen LogP) is 0.370. The van der Waals surface area contributed by atoms with Crippen molar-refractivity contribution >= 4 is 21.9 Å². The lowest BCUT2D eigenvalue weighted by atomic mass is 10.2. The lowest BCUT2D eigenvalue weighted by Gasteiger charge is -2.25. The second-order valence-electron chi connectivity index (χ2n) is 3.56. The molecule has 5 heteroatoms. The highest BCUT2D eigenvalue weighted by atomic mass is 79.9. The van der Waals surface area contributed by atoms with E-state index in [-0.39, 0.29) is 5.33 Å². The number of aliphatic hydroxyl groups is 1. The SMILES string of the molecule is CC(C)(C)OC(=O)C(N)(O)CBr. The fourth-order valence-electron chi connectivity index (χ4n) is 0.421. The molecule has 0 aliphatic carbocycles. The van der Waals surface area contributed by atoms with Crippen molar-refractivity contribution in [2.45, 2.75) is 32.1 Å².